The average Bonchev–Trinajstić information content (AvgIpc) is 2.90. The molecule has 2 rings (SSSR count). The molecule has 1 atom stereocenters. The maximum atomic E-state index is 12.0. The number of nitrogens with zero attached hydrogens (tertiary/aromatic N) is 1. The molecule has 22 heavy (non-hydrogen) atoms. The normalized spacial score (nSPS) is 17.4. The van der Waals surface area contributed by atoms with Crippen LogP contribution in [0, 0.1) is 5.92 Å². The summed E-state index contributed by atoms with van der Waals surface area (Å²) in [5.74, 6) is 0.368. The number of benzene rings is 1. The molecular formula is C17H23N3O2. The van der Waals surface area contributed by atoms with Crippen LogP contribution in [0.5, 0.6) is 0 Å². The van der Waals surface area contributed by atoms with Gasteiger partial charge in [-0.3, -0.25) is 4.79 Å². The molecule has 1 aliphatic heterocycles. The van der Waals surface area contributed by atoms with Crippen molar-refractivity contribution in [3.8, 4) is 0 Å². The van der Waals surface area contributed by atoms with Gasteiger partial charge in [-0.05, 0) is 12.0 Å². The van der Waals surface area contributed by atoms with Gasteiger partial charge in [-0.1, -0.05) is 36.4 Å². The van der Waals surface area contributed by atoms with E-state index in [4.69, 9.17) is 0 Å². The largest absolute Gasteiger partial charge is 0.342 e. The number of hydrogen-bond acceptors (Lipinski definition) is 2. The van der Waals surface area contributed by atoms with E-state index < -0.39 is 0 Å². The quantitative estimate of drug-likeness (QED) is 0.751. The maximum absolute atomic E-state index is 12.0. The summed E-state index contributed by atoms with van der Waals surface area (Å²) >= 11 is 0. The summed E-state index contributed by atoms with van der Waals surface area (Å²) in [6.45, 7) is 5.96. The third-order valence-electron chi connectivity index (χ3n) is 3.77. The number of carbonyl (C=O) groups is 2. The molecule has 0 bridgehead atoms. The Balaban J connectivity index is 1.71. The van der Waals surface area contributed by atoms with E-state index in [9.17, 15) is 9.59 Å². The molecule has 1 heterocycles. The molecule has 0 saturated carbocycles. The predicted octanol–water partition coefficient (Wildman–Crippen LogP) is 1.56. The van der Waals surface area contributed by atoms with Gasteiger partial charge in [0, 0.05) is 38.5 Å². The molecular weight excluding hydrogens is 278 g/mol. The van der Waals surface area contributed by atoms with Gasteiger partial charge in [0.15, 0.2) is 0 Å². The average molecular weight is 301 g/mol. The first-order valence-corrected chi connectivity index (χ1v) is 7.63. The van der Waals surface area contributed by atoms with E-state index >= 15 is 0 Å². The summed E-state index contributed by atoms with van der Waals surface area (Å²) in [6.07, 6.45) is 3.01. The van der Waals surface area contributed by atoms with Crippen LogP contribution in [-0.4, -0.2) is 43.0 Å². The van der Waals surface area contributed by atoms with Crippen LogP contribution in [0.15, 0.2) is 43.0 Å². The maximum Gasteiger partial charge on any atom is 0.315 e. The lowest BCUT2D eigenvalue weighted by atomic mass is 10.1. The molecule has 0 radical (unpaired) electrons. The molecule has 1 saturated heterocycles. The van der Waals surface area contributed by atoms with E-state index in [0.29, 0.717) is 26.1 Å². The van der Waals surface area contributed by atoms with Crippen molar-refractivity contribution in [1.82, 2.24) is 15.5 Å². The second kappa shape index (κ2) is 8.22. The molecule has 1 fully saturated rings. The van der Waals surface area contributed by atoms with E-state index in [2.05, 4.69) is 29.3 Å². The zero-order valence-electron chi connectivity index (χ0n) is 12.8. The molecule has 2 N–H and O–H groups in total. The molecule has 3 amide bonds. The minimum absolute atomic E-state index is 0.175. The van der Waals surface area contributed by atoms with Gasteiger partial charge in [-0.15, -0.1) is 6.58 Å². The first kappa shape index (κ1) is 16.1. The van der Waals surface area contributed by atoms with Crippen LogP contribution in [0.2, 0.25) is 0 Å². The monoisotopic (exact) mass is 301 g/mol. The lowest BCUT2D eigenvalue weighted by Gasteiger charge is -2.17. The Morgan fingerprint density at radius 1 is 1.32 bits per heavy atom. The Labute approximate surface area is 131 Å². The van der Waals surface area contributed by atoms with Crippen LogP contribution < -0.4 is 10.6 Å². The molecule has 1 unspecified atom stereocenters. The summed E-state index contributed by atoms with van der Waals surface area (Å²) in [5.41, 5.74) is 1.24. The molecule has 0 spiro atoms. The Hall–Kier alpha value is -2.30. The van der Waals surface area contributed by atoms with E-state index in [1.165, 1.54) is 5.56 Å². The number of urea groups is 1. The van der Waals surface area contributed by atoms with Crippen LogP contribution in [0.4, 0.5) is 4.79 Å². The third kappa shape index (κ3) is 4.91. The summed E-state index contributed by atoms with van der Waals surface area (Å²) in [4.78, 5) is 25.4. The van der Waals surface area contributed by atoms with Gasteiger partial charge in [0.05, 0.1) is 0 Å². The highest BCUT2D eigenvalue weighted by atomic mass is 16.2. The topological polar surface area (TPSA) is 61.4 Å². The zero-order chi connectivity index (χ0) is 15.8. The van der Waals surface area contributed by atoms with Crippen LogP contribution in [0.1, 0.15) is 12.0 Å². The fraction of sp³-hybridized carbons (Fsp3) is 0.412. The van der Waals surface area contributed by atoms with Crippen LogP contribution >= 0.6 is 0 Å². The second-order valence-electron chi connectivity index (χ2n) is 5.53. The smallest absolute Gasteiger partial charge is 0.315 e. The highest BCUT2D eigenvalue weighted by Crippen LogP contribution is 2.17. The molecule has 1 aromatic carbocycles. The van der Waals surface area contributed by atoms with Crippen molar-refractivity contribution in [2.24, 2.45) is 5.92 Å². The Morgan fingerprint density at radius 2 is 2.09 bits per heavy atom. The summed E-state index contributed by atoms with van der Waals surface area (Å²) in [6, 6.07) is 9.94. The number of hydrogen-bond donors (Lipinski definition) is 2. The Kier molecular flexibility index (Phi) is 6.01. The summed E-state index contributed by atoms with van der Waals surface area (Å²) in [5, 5.41) is 5.46. The van der Waals surface area contributed by atoms with E-state index in [0.717, 1.165) is 13.0 Å². The summed E-state index contributed by atoms with van der Waals surface area (Å²) in [7, 11) is 0. The van der Waals surface area contributed by atoms with E-state index in [1.54, 1.807) is 6.08 Å². The van der Waals surface area contributed by atoms with Crippen LogP contribution in [0.25, 0.3) is 0 Å². The van der Waals surface area contributed by atoms with Crippen molar-refractivity contribution in [2.75, 3.05) is 26.2 Å². The lowest BCUT2D eigenvalue weighted by Crippen LogP contribution is -2.38. The standard InChI is InChI=1S/C17H23N3O2/c1-2-9-18-17(22)19-12-15-11-16(21)20(13-15)10-8-14-6-4-3-5-7-14/h2-7,15H,1,8-13H2,(H2,18,19,22). The van der Waals surface area contributed by atoms with Gasteiger partial charge >= 0.3 is 6.03 Å². The van der Waals surface area contributed by atoms with Crippen molar-refractivity contribution in [1.29, 1.82) is 0 Å². The number of carbonyl (C=O) groups excluding carboxylic acids is 2. The van der Waals surface area contributed by atoms with Crippen LogP contribution in [0.3, 0.4) is 0 Å². The summed E-state index contributed by atoms with van der Waals surface area (Å²) < 4.78 is 0. The van der Waals surface area contributed by atoms with Gasteiger partial charge in [0.1, 0.15) is 0 Å². The minimum Gasteiger partial charge on any atom is -0.342 e. The van der Waals surface area contributed by atoms with E-state index in [1.807, 2.05) is 23.1 Å². The molecule has 0 aliphatic carbocycles. The number of nitrogens with one attached hydrogen (secondary N) is 2. The van der Waals surface area contributed by atoms with Crippen molar-refractivity contribution in [3.05, 3.63) is 48.6 Å². The fourth-order valence-corrected chi connectivity index (χ4v) is 2.58. The predicted molar refractivity (Wildman–Crippen MR) is 86.4 cm³/mol. The van der Waals surface area contributed by atoms with Gasteiger partial charge in [-0.2, -0.15) is 0 Å². The number of amides is 3. The SMILES string of the molecule is C=CCNC(=O)NCC1CC(=O)N(CCc2ccccc2)C1. The Bertz CT molecular complexity index is 516. The zero-order valence-corrected chi connectivity index (χ0v) is 12.8. The first-order chi connectivity index (χ1) is 10.7. The van der Waals surface area contributed by atoms with E-state index in [-0.39, 0.29) is 17.9 Å². The lowest BCUT2D eigenvalue weighted by molar-refractivity contribution is -0.127. The third-order valence-corrected chi connectivity index (χ3v) is 3.77. The number of rotatable bonds is 7. The first-order valence-electron chi connectivity index (χ1n) is 7.63. The van der Waals surface area contributed by atoms with Gasteiger partial charge < -0.3 is 15.5 Å². The van der Waals surface area contributed by atoms with Crippen molar-refractivity contribution >= 4 is 11.9 Å². The van der Waals surface area contributed by atoms with Crippen LogP contribution in [-0.2, 0) is 11.2 Å². The highest BCUT2D eigenvalue weighted by Gasteiger charge is 2.29. The molecule has 0 aromatic heterocycles. The van der Waals surface area contributed by atoms with Gasteiger partial charge in [-0.25, -0.2) is 4.79 Å². The van der Waals surface area contributed by atoms with Crippen molar-refractivity contribution in [2.45, 2.75) is 12.8 Å². The Morgan fingerprint density at radius 3 is 2.82 bits per heavy atom. The minimum atomic E-state index is -0.213. The molecule has 1 aliphatic rings. The second-order valence-corrected chi connectivity index (χ2v) is 5.53. The molecule has 118 valence electrons. The highest BCUT2D eigenvalue weighted by molar-refractivity contribution is 5.79. The van der Waals surface area contributed by atoms with Gasteiger partial charge in [0.25, 0.3) is 0 Å². The van der Waals surface area contributed by atoms with Gasteiger partial charge in [0.2, 0.25) is 5.91 Å². The fourth-order valence-electron chi connectivity index (χ4n) is 2.58. The molecule has 5 nitrogen and oxygen atoms in total. The number of likely N-dealkylation sites (tertiary alicyclic amines) is 1. The van der Waals surface area contributed by atoms with Crippen molar-refractivity contribution in [3.63, 3.8) is 0 Å². The van der Waals surface area contributed by atoms with Crippen molar-refractivity contribution < 1.29 is 9.59 Å². The molecule has 5 heteroatoms. The molecule has 1 aromatic rings.